The first-order valence-corrected chi connectivity index (χ1v) is 6.23. The Labute approximate surface area is 116 Å². The maximum Gasteiger partial charge on any atom is 0.256 e. The fourth-order valence-electron chi connectivity index (χ4n) is 1.69. The Bertz CT molecular complexity index is 575. The number of rotatable bonds is 3. The highest BCUT2D eigenvalue weighted by Gasteiger charge is 2.14. The Morgan fingerprint density at radius 2 is 1.89 bits per heavy atom. The Morgan fingerprint density at radius 3 is 2.53 bits per heavy atom. The van der Waals surface area contributed by atoms with E-state index in [0.29, 0.717) is 6.54 Å². The molecule has 0 spiro atoms. The number of nitrogens with one attached hydrogen (secondary N) is 1. The number of amides is 1. The van der Waals surface area contributed by atoms with Crippen molar-refractivity contribution in [2.45, 2.75) is 13.5 Å². The molecule has 1 amide bonds. The van der Waals surface area contributed by atoms with E-state index < -0.39 is 11.7 Å². The van der Waals surface area contributed by atoms with E-state index in [9.17, 15) is 9.18 Å². The van der Waals surface area contributed by atoms with Gasteiger partial charge in [-0.2, -0.15) is 0 Å². The van der Waals surface area contributed by atoms with Crippen LogP contribution < -0.4 is 5.32 Å². The fraction of sp³-hybridized carbons (Fsp3) is 0.133. The minimum absolute atomic E-state index is 0.112. The topological polar surface area (TPSA) is 29.1 Å². The molecule has 2 aromatic carbocycles. The molecule has 0 saturated heterocycles. The van der Waals surface area contributed by atoms with Gasteiger partial charge in [-0.1, -0.05) is 47.5 Å². The zero-order valence-corrected chi connectivity index (χ0v) is 11.2. The lowest BCUT2D eigenvalue weighted by molar-refractivity contribution is 0.0947. The van der Waals surface area contributed by atoms with Crippen molar-refractivity contribution in [3.8, 4) is 0 Å². The first kappa shape index (κ1) is 13.6. The molecule has 0 saturated carbocycles. The van der Waals surface area contributed by atoms with Crippen LogP contribution >= 0.6 is 11.6 Å². The molecule has 0 aliphatic heterocycles. The third-order valence-electron chi connectivity index (χ3n) is 2.76. The molecule has 2 rings (SSSR count). The summed E-state index contributed by atoms with van der Waals surface area (Å²) in [5, 5.41) is 2.77. The van der Waals surface area contributed by atoms with Gasteiger partial charge in [0.1, 0.15) is 5.82 Å². The summed E-state index contributed by atoms with van der Waals surface area (Å²) in [7, 11) is 0. The molecular weight excluding hydrogens is 265 g/mol. The minimum atomic E-state index is -0.617. The molecule has 19 heavy (non-hydrogen) atoms. The van der Waals surface area contributed by atoms with Gasteiger partial charge in [-0.3, -0.25) is 4.79 Å². The highest BCUT2D eigenvalue weighted by Crippen LogP contribution is 2.18. The van der Waals surface area contributed by atoms with Gasteiger partial charge in [0, 0.05) is 6.54 Å². The summed E-state index contributed by atoms with van der Waals surface area (Å²) in [6.45, 7) is 2.32. The van der Waals surface area contributed by atoms with Crippen molar-refractivity contribution in [1.29, 1.82) is 0 Å². The zero-order chi connectivity index (χ0) is 13.8. The summed E-state index contributed by atoms with van der Waals surface area (Å²) in [4.78, 5) is 11.9. The Kier molecular flexibility index (Phi) is 4.17. The van der Waals surface area contributed by atoms with Crippen molar-refractivity contribution < 1.29 is 9.18 Å². The van der Waals surface area contributed by atoms with Crippen molar-refractivity contribution in [1.82, 2.24) is 5.32 Å². The number of aryl methyl sites for hydroxylation is 1. The van der Waals surface area contributed by atoms with Crippen molar-refractivity contribution in [3.63, 3.8) is 0 Å². The molecular formula is C15H13ClFNO. The van der Waals surface area contributed by atoms with Crippen LogP contribution in [0.5, 0.6) is 0 Å². The third kappa shape index (κ3) is 3.32. The van der Waals surface area contributed by atoms with E-state index in [1.54, 1.807) is 0 Å². The number of carbonyl (C=O) groups is 1. The minimum Gasteiger partial charge on any atom is -0.348 e. The number of hydrogen-bond donors (Lipinski definition) is 1. The molecule has 0 aliphatic carbocycles. The summed E-state index contributed by atoms with van der Waals surface area (Å²) in [6, 6.07) is 11.9. The molecule has 0 heterocycles. The molecule has 2 aromatic rings. The number of benzene rings is 2. The lowest BCUT2D eigenvalue weighted by Crippen LogP contribution is -2.24. The van der Waals surface area contributed by atoms with Gasteiger partial charge >= 0.3 is 0 Å². The number of halogens is 2. The number of carbonyl (C=O) groups excluding carboxylic acids is 1. The van der Waals surface area contributed by atoms with Crippen molar-refractivity contribution in [3.05, 3.63) is 70.0 Å². The summed E-state index contributed by atoms with van der Waals surface area (Å²) >= 11 is 5.83. The summed E-state index contributed by atoms with van der Waals surface area (Å²) < 4.78 is 13.5. The van der Waals surface area contributed by atoms with E-state index in [1.165, 1.54) is 18.2 Å². The molecule has 0 unspecified atom stereocenters. The van der Waals surface area contributed by atoms with Crippen LogP contribution in [0.15, 0.2) is 42.5 Å². The summed E-state index contributed by atoms with van der Waals surface area (Å²) in [5.41, 5.74) is 1.98. The average Bonchev–Trinajstić information content (AvgIpc) is 2.38. The maximum absolute atomic E-state index is 13.5. The quantitative estimate of drug-likeness (QED) is 0.910. The predicted molar refractivity (Wildman–Crippen MR) is 73.8 cm³/mol. The fourth-order valence-corrected chi connectivity index (χ4v) is 1.94. The highest BCUT2D eigenvalue weighted by molar-refractivity contribution is 6.33. The van der Waals surface area contributed by atoms with Gasteiger partial charge in [0.2, 0.25) is 0 Å². The molecule has 2 nitrogen and oxygen atoms in total. The normalized spacial score (nSPS) is 10.3. The SMILES string of the molecule is Cc1ccc(CNC(=O)c2c(F)cccc2Cl)cc1. The largest absolute Gasteiger partial charge is 0.348 e. The maximum atomic E-state index is 13.5. The smallest absolute Gasteiger partial charge is 0.256 e. The monoisotopic (exact) mass is 277 g/mol. The van der Waals surface area contributed by atoms with Crippen LogP contribution in [0.4, 0.5) is 4.39 Å². The first-order valence-electron chi connectivity index (χ1n) is 5.85. The molecule has 0 bridgehead atoms. The van der Waals surface area contributed by atoms with Gasteiger partial charge < -0.3 is 5.32 Å². The van der Waals surface area contributed by atoms with Crippen molar-refractivity contribution >= 4 is 17.5 Å². The summed E-state index contributed by atoms with van der Waals surface area (Å²) in [6.07, 6.45) is 0. The van der Waals surface area contributed by atoms with Gasteiger partial charge in [-0.25, -0.2) is 4.39 Å². The molecule has 0 aromatic heterocycles. The van der Waals surface area contributed by atoms with E-state index in [-0.39, 0.29) is 10.6 Å². The molecule has 1 N–H and O–H groups in total. The second-order valence-corrected chi connectivity index (χ2v) is 4.67. The molecule has 0 aliphatic rings. The zero-order valence-electron chi connectivity index (χ0n) is 10.4. The van der Waals surface area contributed by atoms with Gasteiger partial charge in [0.05, 0.1) is 10.6 Å². The van der Waals surface area contributed by atoms with E-state index in [1.807, 2.05) is 31.2 Å². The van der Waals surface area contributed by atoms with Crippen molar-refractivity contribution in [2.75, 3.05) is 0 Å². The molecule has 0 fully saturated rings. The van der Waals surface area contributed by atoms with Crippen LogP contribution in [0.25, 0.3) is 0 Å². The van der Waals surface area contributed by atoms with Gasteiger partial charge in [0.15, 0.2) is 0 Å². The molecule has 98 valence electrons. The Hall–Kier alpha value is -1.87. The van der Waals surface area contributed by atoms with Crippen LogP contribution in [-0.2, 0) is 6.54 Å². The second-order valence-electron chi connectivity index (χ2n) is 4.26. The molecule has 0 radical (unpaired) electrons. The van der Waals surface area contributed by atoms with Crippen LogP contribution in [0.2, 0.25) is 5.02 Å². The van der Waals surface area contributed by atoms with E-state index >= 15 is 0 Å². The van der Waals surface area contributed by atoms with E-state index in [0.717, 1.165) is 11.1 Å². The summed E-state index contributed by atoms with van der Waals surface area (Å²) in [5.74, 6) is -1.13. The van der Waals surface area contributed by atoms with Gasteiger partial charge in [0.25, 0.3) is 5.91 Å². The van der Waals surface area contributed by atoms with Crippen molar-refractivity contribution in [2.24, 2.45) is 0 Å². The lowest BCUT2D eigenvalue weighted by atomic mass is 10.1. The van der Waals surface area contributed by atoms with Crippen LogP contribution in [0.3, 0.4) is 0 Å². The van der Waals surface area contributed by atoms with Crippen LogP contribution in [0.1, 0.15) is 21.5 Å². The third-order valence-corrected chi connectivity index (χ3v) is 3.08. The standard InChI is InChI=1S/C15H13ClFNO/c1-10-5-7-11(8-6-10)9-18-15(19)14-12(16)3-2-4-13(14)17/h2-8H,9H2,1H3,(H,18,19). The van der Waals surface area contributed by atoms with E-state index in [4.69, 9.17) is 11.6 Å². The highest BCUT2D eigenvalue weighted by atomic mass is 35.5. The second kappa shape index (κ2) is 5.85. The average molecular weight is 278 g/mol. The Balaban J connectivity index is 2.07. The molecule has 0 atom stereocenters. The molecule has 4 heteroatoms. The van der Waals surface area contributed by atoms with Gasteiger partial charge in [-0.05, 0) is 24.6 Å². The Morgan fingerprint density at radius 1 is 1.21 bits per heavy atom. The van der Waals surface area contributed by atoms with Crippen LogP contribution in [0, 0.1) is 12.7 Å². The predicted octanol–water partition coefficient (Wildman–Crippen LogP) is 3.72. The van der Waals surface area contributed by atoms with Crippen LogP contribution in [-0.4, -0.2) is 5.91 Å². The van der Waals surface area contributed by atoms with E-state index in [2.05, 4.69) is 5.32 Å². The first-order chi connectivity index (χ1) is 9.08. The lowest BCUT2D eigenvalue weighted by Gasteiger charge is -2.08. The van der Waals surface area contributed by atoms with Gasteiger partial charge in [-0.15, -0.1) is 0 Å². The number of hydrogen-bond acceptors (Lipinski definition) is 1.